The molecule has 0 bridgehead atoms. The fourth-order valence-electron chi connectivity index (χ4n) is 2.15. The smallest absolute Gasteiger partial charge is 0.238 e. The summed E-state index contributed by atoms with van der Waals surface area (Å²) in [4.78, 5) is 4.35. The van der Waals surface area contributed by atoms with E-state index in [2.05, 4.69) is 42.9 Å². The summed E-state index contributed by atoms with van der Waals surface area (Å²) in [5.74, 6) is 0.999. The van der Waals surface area contributed by atoms with E-state index in [1.54, 1.807) is 13.2 Å². The number of aromatic nitrogens is 1. The Labute approximate surface area is 149 Å². The average Bonchev–Trinajstić information content (AvgIpc) is 2.96. The van der Waals surface area contributed by atoms with Gasteiger partial charge in [-0.15, -0.1) is 0 Å². The Morgan fingerprint density at radius 1 is 1.26 bits per heavy atom. The third-order valence-electron chi connectivity index (χ3n) is 3.18. The standard InChI is InChI=1S/C17H10Br2N2O2/c1-22-16-12(18)7-10(8-13(16)19)6-11(9-20)17-21-14-4-2-3-5-15(14)23-17/h2-8H,1H3/b11-6+. The number of allylic oxidation sites excluding steroid dienone is 1. The van der Waals surface area contributed by atoms with Gasteiger partial charge >= 0.3 is 0 Å². The minimum atomic E-state index is 0.303. The second-order valence-electron chi connectivity index (χ2n) is 4.67. The number of nitrogens with zero attached hydrogens (tertiary/aromatic N) is 2. The van der Waals surface area contributed by atoms with Crippen LogP contribution < -0.4 is 4.74 Å². The Morgan fingerprint density at radius 3 is 2.57 bits per heavy atom. The summed E-state index contributed by atoms with van der Waals surface area (Å²) in [6, 6.07) is 13.3. The maximum Gasteiger partial charge on any atom is 0.238 e. The summed E-state index contributed by atoms with van der Waals surface area (Å²) >= 11 is 6.90. The lowest BCUT2D eigenvalue weighted by molar-refractivity contribution is 0.409. The lowest BCUT2D eigenvalue weighted by atomic mass is 10.1. The van der Waals surface area contributed by atoms with Gasteiger partial charge in [0.25, 0.3) is 0 Å². The maximum atomic E-state index is 9.44. The normalized spacial score (nSPS) is 11.5. The van der Waals surface area contributed by atoms with E-state index in [1.807, 2.05) is 36.4 Å². The van der Waals surface area contributed by atoms with Crippen molar-refractivity contribution in [1.82, 2.24) is 4.98 Å². The van der Waals surface area contributed by atoms with E-state index in [0.29, 0.717) is 22.8 Å². The molecule has 0 spiro atoms. The highest BCUT2D eigenvalue weighted by Gasteiger charge is 2.12. The van der Waals surface area contributed by atoms with Crippen molar-refractivity contribution >= 4 is 54.6 Å². The molecule has 0 unspecified atom stereocenters. The molecule has 6 heteroatoms. The fraction of sp³-hybridized carbons (Fsp3) is 0.0588. The summed E-state index contributed by atoms with van der Waals surface area (Å²) in [6.07, 6.45) is 1.72. The molecule has 114 valence electrons. The van der Waals surface area contributed by atoms with Crippen LogP contribution in [0.2, 0.25) is 0 Å². The highest BCUT2D eigenvalue weighted by Crippen LogP contribution is 2.35. The zero-order valence-electron chi connectivity index (χ0n) is 12.0. The van der Waals surface area contributed by atoms with Crippen LogP contribution in [0.4, 0.5) is 0 Å². The SMILES string of the molecule is COc1c(Br)cc(/C=C(\C#N)c2nc3ccccc3o2)cc1Br. The Bertz CT molecular complexity index is 899. The highest BCUT2D eigenvalue weighted by molar-refractivity contribution is 9.11. The van der Waals surface area contributed by atoms with Crippen molar-refractivity contribution in [3.05, 3.63) is 56.8 Å². The first kappa shape index (κ1) is 15.8. The molecule has 0 N–H and O–H groups in total. The molecule has 23 heavy (non-hydrogen) atoms. The zero-order valence-corrected chi connectivity index (χ0v) is 15.2. The van der Waals surface area contributed by atoms with Gasteiger partial charge in [0.05, 0.1) is 16.1 Å². The first-order valence-corrected chi connectivity index (χ1v) is 8.21. The molecule has 0 aliphatic rings. The lowest BCUT2D eigenvalue weighted by Gasteiger charge is -2.07. The first-order valence-electron chi connectivity index (χ1n) is 6.63. The van der Waals surface area contributed by atoms with Crippen LogP contribution in [-0.4, -0.2) is 12.1 Å². The molecule has 3 rings (SSSR count). The van der Waals surface area contributed by atoms with Crippen molar-refractivity contribution in [1.29, 1.82) is 5.26 Å². The predicted molar refractivity (Wildman–Crippen MR) is 95.9 cm³/mol. The Balaban J connectivity index is 2.07. The number of methoxy groups -OCH3 is 1. The largest absolute Gasteiger partial charge is 0.494 e. The quantitative estimate of drug-likeness (QED) is 0.517. The monoisotopic (exact) mass is 432 g/mol. The van der Waals surface area contributed by atoms with E-state index in [4.69, 9.17) is 9.15 Å². The Kier molecular flexibility index (Phi) is 4.51. The van der Waals surface area contributed by atoms with Crippen LogP contribution >= 0.6 is 31.9 Å². The van der Waals surface area contributed by atoms with Crippen LogP contribution in [0, 0.1) is 11.3 Å². The molecule has 0 saturated carbocycles. The third-order valence-corrected chi connectivity index (χ3v) is 4.36. The number of hydrogen-bond acceptors (Lipinski definition) is 4. The molecule has 0 radical (unpaired) electrons. The van der Waals surface area contributed by atoms with Gasteiger partial charge in [-0.25, -0.2) is 4.98 Å². The van der Waals surface area contributed by atoms with Gasteiger partial charge in [0.1, 0.15) is 22.9 Å². The Morgan fingerprint density at radius 2 is 1.96 bits per heavy atom. The number of halogens is 2. The number of nitriles is 1. The van der Waals surface area contributed by atoms with E-state index in [1.165, 1.54) is 0 Å². The first-order chi connectivity index (χ1) is 11.1. The van der Waals surface area contributed by atoms with Crippen molar-refractivity contribution in [2.75, 3.05) is 7.11 Å². The second kappa shape index (κ2) is 6.57. The van der Waals surface area contributed by atoms with Crippen LogP contribution in [0.15, 0.2) is 49.8 Å². The number of ether oxygens (including phenoxy) is 1. The van der Waals surface area contributed by atoms with Gasteiger partial charge in [0.15, 0.2) is 5.58 Å². The summed E-state index contributed by atoms with van der Waals surface area (Å²) < 4.78 is 12.5. The maximum absolute atomic E-state index is 9.44. The van der Waals surface area contributed by atoms with Crippen molar-refractivity contribution in [3.8, 4) is 11.8 Å². The molecule has 0 amide bonds. The van der Waals surface area contributed by atoms with E-state index < -0.39 is 0 Å². The van der Waals surface area contributed by atoms with Crippen LogP contribution in [0.5, 0.6) is 5.75 Å². The van der Waals surface area contributed by atoms with E-state index in [-0.39, 0.29) is 0 Å². The van der Waals surface area contributed by atoms with E-state index in [9.17, 15) is 5.26 Å². The molecular weight excluding hydrogens is 424 g/mol. The minimum absolute atomic E-state index is 0.303. The summed E-state index contributed by atoms with van der Waals surface area (Å²) in [5.41, 5.74) is 2.55. The number of hydrogen-bond donors (Lipinski definition) is 0. The van der Waals surface area contributed by atoms with Crippen LogP contribution in [0.1, 0.15) is 11.5 Å². The summed E-state index contributed by atoms with van der Waals surface area (Å²) in [6.45, 7) is 0. The van der Waals surface area contributed by atoms with Gasteiger partial charge in [0.2, 0.25) is 5.89 Å². The van der Waals surface area contributed by atoms with Gasteiger partial charge in [-0.2, -0.15) is 5.26 Å². The molecule has 0 aliphatic heterocycles. The van der Waals surface area contributed by atoms with Crippen LogP contribution in [-0.2, 0) is 0 Å². The fourth-order valence-corrected chi connectivity index (χ4v) is 3.70. The number of rotatable bonds is 3. The summed E-state index contributed by atoms with van der Waals surface area (Å²) in [5, 5.41) is 9.44. The average molecular weight is 434 g/mol. The van der Waals surface area contributed by atoms with Crippen molar-refractivity contribution in [2.45, 2.75) is 0 Å². The van der Waals surface area contributed by atoms with Crippen LogP contribution in [0.25, 0.3) is 22.7 Å². The molecule has 2 aromatic carbocycles. The number of oxazole rings is 1. The number of fused-ring (bicyclic) bond motifs is 1. The van der Waals surface area contributed by atoms with Gasteiger partial charge in [0, 0.05) is 0 Å². The molecule has 0 fully saturated rings. The van der Waals surface area contributed by atoms with Crippen molar-refractivity contribution in [3.63, 3.8) is 0 Å². The molecule has 4 nitrogen and oxygen atoms in total. The predicted octanol–water partition coefficient (Wildman–Crippen LogP) is 5.43. The molecule has 1 heterocycles. The molecular formula is C17H10Br2N2O2. The van der Waals surface area contributed by atoms with Crippen molar-refractivity contribution < 1.29 is 9.15 Å². The minimum Gasteiger partial charge on any atom is -0.494 e. The Hall–Kier alpha value is -2.10. The molecule has 0 aliphatic carbocycles. The number of benzene rings is 2. The summed E-state index contributed by atoms with van der Waals surface area (Å²) in [7, 11) is 1.60. The second-order valence-corrected chi connectivity index (χ2v) is 6.38. The van der Waals surface area contributed by atoms with Crippen molar-refractivity contribution in [2.24, 2.45) is 0 Å². The zero-order chi connectivity index (χ0) is 16.4. The van der Waals surface area contributed by atoms with E-state index in [0.717, 1.165) is 20.0 Å². The van der Waals surface area contributed by atoms with Gasteiger partial charge in [-0.3, -0.25) is 0 Å². The lowest BCUT2D eigenvalue weighted by Crippen LogP contribution is -1.88. The molecule has 3 aromatic rings. The van der Waals surface area contributed by atoms with Crippen LogP contribution in [0.3, 0.4) is 0 Å². The molecule has 1 aromatic heterocycles. The third kappa shape index (κ3) is 3.16. The van der Waals surface area contributed by atoms with Gasteiger partial charge < -0.3 is 9.15 Å². The number of para-hydroxylation sites is 2. The van der Waals surface area contributed by atoms with Gasteiger partial charge in [-0.05, 0) is 67.8 Å². The molecule has 0 atom stereocenters. The van der Waals surface area contributed by atoms with Gasteiger partial charge in [-0.1, -0.05) is 12.1 Å². The highest BCUT2D eigenvalue weighted by atomic mass is 79.9. The molecule has 0 saturated heterocycles. The topological polar surface area (TPSA) is 59.0 Å². The van der Waals surface area contributed by atoms with E-state index >= 15 is 0 Å².